The molecule has 1 aromatic heterocycles. The van der Waals surface area contributed by atoms with Gasteiger partial charge < -0.3 is 4.74 Å². The predicted molar refractivity (Wildman–Crippen MR) is 108 cm³/mol. The van der Waals surface area contributed by atoms with Gasteiger partial charge in [-0.15, -0.1) is 0 Å². The summed E-state index contributed by atoms with van der Waals surface area (Å²) in [6.45, 7) is 1.48. The van der Waals surface area contributed by atoms with E-state index in [0.717, 1.165) is 5.69 Å². The van der Waals surface area contributed by atoms with Crippen molar-refractivity contribution in [2.75, 3.05) is 6.61 Å². The lowest BCUT2D eigenvalue weighted by atomic mass is 10.3. The summed E-state index contributed by atoms with van der Waals surface area (Å²) in [4.78, 5) is 22.0. The summed E-state index contributed by atoms with van der Waals surface area (Å²) < 4.78 is 6.84. The molecule has 1 amide bonds. The van der Waals surface area contributed by atoms with Gasteiger partial charge >= 0.3 is 0 Å². The molecule has 148 valence electrons. The SMILES string of the molecule is Cc1nn(-c2ccccc2)c(Cl)c1/C=N\NC(=O)COc1ccc([N+](=O)[O-])cc1. The number of aromatic nitrogens is 2. The third kappa shape index (κ3) is 4.96. The maximum atomic E-state index is 11.9. The van der Waals surface area contributed by atoms with E-state index in [1.807, 2.05) is 30.3 Å². The lowest BCUT2D eigenvalue weighted by Gasteiger charge is -2.04. The molecule has 3 aromatic rings. The number of nitrogens with zero attached hydrogens (tertiary/aromatic N) is 4. The average Bonchev–Trinajstić information content (AvgIpc) is 3.01. The van der Waals surface area contributed by atoms with Gasteiger partial charge in [0.05, 0.1) is 28.1 Å². The van der Waals surface area contributed by atoms with Crippen LogP contribution < -0.4 is 10.2 Å². The Labute approximate surface area is 170 Å². The van der Waals surface area contributed by atoms with E-state index in [0.29, 0.717) is 22.2 Å². The Balaban J connectivity index is 1.58. The number of hydrogen-bond acceptors (Lipinski definition) is 6. The zero-order valence-electron chi connectivity index (χ0n) is 15.3. The zero-order valence-corrected chi connectivity index (χ0v) is 16.0. The number of ether oxygens (including phenoxy) is 1. The molecular formula is C19H16ClN5O4. The quantitative estimate of drug-likeness (QED) is 0.363. The van der Waals surface area contributed by atoms with Crippen molar-refractivity contribution < 1.29 is 14.5 Å². The normalized spacial score (nSPS) is 10.8. The molecule has 1 N–H and O–H groups in total. The maximum Gasteiger partial charge on any atom is 0.277 e. The highest BCUT2D eigenvalue weighted by Crippen LogP contribution is 2.22. The predicted octanol–water partition coefficient (Wildman–Crippen LogP) is 3.27. The number of aryl methyl sites for hydroxylation is 1. The van der Waals surface area contributed by atoms with Gasteiger partial charge in [-0.05, 0) is 31.2 Å². The van der Waals surface area contributed by atoms with Crippen molar-refractivity contribution in [3.63, 3.8) is 0 Å². The van der Waals surface area contributed by atoms with Gasteiger partial charge in [0.25, 0.3) is 11.6 Å². The summed E-state index contributed by atoms with van der Waals surface area (Å²) in [7, 11) is 0. The van der Waals surface area contributed by atoms with Crippen LogP contribution in [-0.2, 0) is 4.79 Å². The highest BCUT2D eigenvalue weighted by Gasteiger charge is 2.13. The number of nitro benzene ring substituents is 1. The highest BCUT2D eigenvalue weighted by molar-refractivity contribution is 6.32. The second-order valence-corrected chi connectivity index (χ2v) is 6.23. The molecule has 0 radical (unpaired) electrons. The topological polar surface area (TPSA) is 112 Å². The molecule has 0 spiro atoms. The third-order valence-electron chi connectivity index (χ3n) is 3.85. The molecule has 29 heavy (non-hydrogen) atoms. The summed E-state index contributed by atoms with van der Waals surface area (Å²) >= 11 is 6.38. The van der Waals surface area contributed by atoms with Gasteiger partial charge in [0, 0.05) is 12.1 Å². The van der Waals surface area contributed by atoms with Crippen LogP contribution in [0.1, 0.15) is 11.3 Å². The first-order valence-corrected chi connectivity index (χ1v) is 8.83. The van der Waals surface area contributed by atoms with Crippen LogP contribution in [0.3, 0.4) is 0 Å². The summed E-state index contributed by atoms with van der Waals surface area (Å²) in [6.07, 6.45) is 1.41. The van der Waals surface area contributed by atoms with Crippen LogP contribution in [0.25, 0.3) is 5.69 Å². The molecule has 9 nitrogen and oxygen atoms in total. The molecule has 0 atom stereocenters. The molecule has 0 aliphatic carbocycles. The number of carbonyl (C=O) groups excluding carboxylic acids is 1. The second-order valence-electron chi connectivity index (χ2n) is 5.87. The Bertz CT molecular complexity index is 1050. The molecule has 0 aliphatic rings. The molecule has 0 aliphatic heterocycles. The van der Waals surface area contributed by atoms with Gasteiger partial charge in [0.15, 0.2) is 6.61 Å². The van der Waals surface area contributed by atoms with E-state index in [1.54, 1.807) is 11.6 Å². The molecule has 10 heteroatoms. The van der Waals surface area contributed by atoms with Crippen molar-refractivity contribution in [1.29, 1.82) is 0 Å². The van der Waals surface area contributed by atoms with Crippen LogP contribution in [0.4, 0.5) is 5.69 Å². The molecule has 2 aromatic carbocycles. The number of halogens is 1. The third-order valence-corrected chi connectivity index (χ3v) is 4.21. The highest BCUT2D eigenvalue weighted by atomic mass is 35.5. The fourth-order valence-electron chi connectivity index (χ4n) is 2.41. The largest absolute Gasteiger partial charge is 0.484 e. The fraction of sp³-hybridized carbons (Fsp3) is 0.105. The van der Waals surface area contributed by atoms with Crippen molar-refractivity contribution in [2.45, 2.75) is 6.92 Å². The summed E-state index contributed by atoms with van der Waals surface area (Å²) in [5.41, 5.74) is 4.31. The number of rotatable bonds is 7. The van der Waals surface area contributed by atoms with Crippen LogP contribution in [0.5, 0.6) is 5.75 Å². The Morgan fingerprint density at radius 2 is 1.97 bits per heavy atom. The summed E-state index contributed by atoms with van der Waals surface area (Å²) in [5.74, 6) is -0.165. The van der Waals surface area contributed by atoms with Gasteiger partial charge in [-0.2, -0.15) is 10.2 Å². The van der Waals surface area contributed by atoms with Crippen molar-refractivity contribution in [3.05, 3.63) is 81.1 Å². The number of non-ortho nitro benzene ring substituents is 1. The number of hydrazone groups is 1. The molecule has 0 fully saturated rings. The molecular weight excluding hydrogens is 398 g/mol. The maximum absolute atomic E-state index is 11.9. The minimum Gasteiger partial charge on any atom is -0.484 e. The van der Waals surface area contributed by atoms with Crippen LogP contribution in [0, 0.1) is 17.0 Å². The second kappa shape index (κ2) is 8.98. The minimum absolute atomic E-state index is 0.0605. The average molecular weight is 414 g/mol. The lowest BCUT2D eigenvalue weighted by Crippen LogP contribution is -2.24. The summed E-state index contributed by atoms with van der Waals surface area (Å²) in [5, 5.41) is 19.3. The van der Waals surface area contributed by atoms with E-state index in [1.165, 1.54) is 30.5 Å². The van der Waals surface area contributed by atoms with Crippen LogP contribution in [-0.4, -0.2) is 33.4 Å². The molecule has 1 heterocycles. The van der Waals surface area contributed by atoms with Crippen LogP contribution in [0.2, 0.25) is 5.15 Å². The van der Waals surface area contributed by atoms with E-state index in [9.17, 15) is 14.9 Å². The molecule has 0 saturated heterocycles. The van der Waals surface area contributed by atoms with Crippen molar-refractivity contribution in [3.8, 4) is 11.4 Å². The fourth-order valence-corrected chi connectivity index (χ4v) is 2.73. The van der Waals surface area contributed by atoms with Gasteiger partial charge in [0.1, 0.15) is 10.9 Å². The monoisotopic (exact) mass is 413 g/mol. The van der Waals surface area contributed by atoms with Gasteiger partial charge in [-0.1, -0.05) is 29.8 Å². The van der Waals surface area contributed by atoms with E-state index in [2.05, 4.69) is 15.6 Å². The first-order chi connectivity index (χ1) is 14.0. The Morgan fingerprint density at radius 3 is 2.62 bits per heavy atom. The van der Waals surface area contributed by atoms with Crippen molar-refractivity contribution in [1.82, 2.24) is 15.2 Å². The summed E-state index contributed by atoms with van der Waals surface area (Å²) in [6, 6.07) is 14.8. The number of carbonyl (C=O) groups is 1. The number of nitrogens with one attached hydrogen (secondary N) is 1. The number of para-hydroxylation sites is 1. The smallest absolute Gasteiger partial charge is 0.277 e. The van der Waals surface area contributed by atoms with E-state index >= 15 is 0 Å². The Hall–Kier alpha value is -3.72. The van der Waals surface area contributed by atoms with E-state index in [4.69, 9.17) is 16.3 Å². The zero-order chi connectivity index (χ0) is 20.8. The van der Waals surface area contributed by atoms with E-state index in [-0.39, 0.29) is 12.3 Å². The first kappa shape index (κ1) is 20.0. The van der Waals surface area contributed by atoms with Crippen LogP contribution in [0.15, 0.2) is 59.7 Å². The number of benzene rings is 2. The van der Waals surface area contributed by atoms with Gasteiger partial charge in [-0.3, -0.25) is 14.9 Å². The van der Waals surface area contributed by atoms with Crippen LogP contribution >= 0.6 is 11.6 Å². The number of nitro groups is 1. The number of amides is 1. The Kier molecular flexibility index (Phi) is 6.20. The van der Waals surface area contributed by atoms with Gasteiger partial charge in [0.2, 0.25) is 0 Å². The van der Waals surface area contributed by atoms with Crippen molar-refractivity contribution >= 4 is 29.4 Å². The van der Waals surface area contributed by atoms with Crippen molar-refractivity contribution in [2.24, 2.45) is 5.10 Å². The molecule has 0 unspecified atom stereocenters. The number of hydrogen-bond donors (Lipinski definition) is 1. The van der Waals surface area contributed by atoms with E-state index < -0.39 is 10.8 Å². The lowest BCUT2D eigenvalue weighted by molar-refractivity contribution is -0.384. The Morgan fingerprint density at radius 1 is 1.28 bits per heavy atom. The standard InChI is InChI=1S/C19H16ClN5O4/c1-13-17(19(20)24(23-13)14-5-3-2-4-6-14)11-21-22-18(26)12-29-16-9-7-15(8-10-16)25(27)28/h2-11H,12H2,1H3,(H,22,26)/b21-11-. The molecule has 0 saturated carbocycles. The molecule has 3 rings (SSSR count). The molecule has 0 bridgehead atoms. The van der Waals surface area contributed by atoms with Gasteiger partial charge in [-0.25, -0.2) is 10.1 Å². The first-order valence-electron chi connectivity index (χ1n) is 8.45. The minimum atomic E-state index is -0.516.